The van der Waals surface area contributed by atoms with E-state index in [1.807, 2.05) is 0 Å². The Bertz CT molecular complexity index is 4520. The summed E-state index contributed by atoms with van der Waals surface area (Å²) in [5.74, 6) is 2.88. The van der Waals surface area contributed by atoms with E-state index in [-0.39, 0.29) is 129 Å². The summed E-state index contributed by atoms with van der Waals surface area (Å²) in [5.41, 5.74) is 19.0. The number of phenolic OH excluding ortho intramolecular Hbond substituents is 4. The van der Waals surface area contributed by atoms with Crippen molar-refractivity contribution in [2.75, 3.05) is 64.1 Å². The maximum atomic E-state index is 13.9. The molecule has 2 aliphatic heterocycles. The molecule has 117 heavy (non-hydrogen) atoms. The summed E-state index contributed by atoms with van der Waals surface area (Å²) in [7, 11) is 0. The van der Waals surface area contributed by atoms with Crippen LogP contribution in [0.15, 0.2) is 97.1 Å². The first-order chi connectivity index (χ1) is 54.4. The minimum absolute atomic E-state index is 0.0258. The molecule has 0 saturated carbocycles. The zero-order valence-electron chi connectivity index (χ0n) is 74.5. The number of thioether (sulfide) groups is 1. The highest BCUT2D eigenvalue weighted by atomic mass is 32.2. The van der Waals surface area contributed by atoms with Gasteiger partial charge in [-0.1, -0.05) is 263 Å². The van der Waals surface area contributed by atoms with Gasteiger partial charge in [0.2, 0.25) is 11.8 Å². The molecule has 0 saturated heterocycles. The van der Waals surface area contributed by atoms with Gasteiger partial charge in [-0.05, 0) is 189 Å². The third-order valence-corrected chi connectivity index (χ3v) is 24.3. The molecule has 2 heterocycles. The molecule has 2 amide bonds. The standard InChI is InChI=1S/C101H132N4O10S2/c1-94(2,3)75-41-59-33-67-49-79(98(13,14)15)50-68-34-60-42-76(95(4,5)6)46-64(86(60)109)38-72-54-81(100(19,20)21)53-71(37-63(45-75)85(59)108)91(72)114-31-27-104-93(116)105-28-32-115-92-73-39-65-47-77(96(7,8)9)43-61(87(65)110)35-69-51-80(99(16,17)18)52-70(90(69)113-30-26-103-84(107)58-117-57-83(106)102-25-29-112-89(67)68)36-62-44-78(97(10,11)12)48-66(88(62)111)40-74(92)56-82(55-73)101(22,23)24/h41-56,108-111H,25-40,57-58H2,1-24H3,(H,102,106)(H,103,107)(H2,104,105,116). The Morgan fingerprint density at radius 3 is 0.556 bits per heavy atom. The molecular formula is C101H132N4O10S2. The van der Waals surface area contributed by atoms with Gasteiger partial charge in [0.15, 0.2) is 5.11 Å². The molecule has 14 nitrogen and oxygen atoms in total. The van der Waals surface area contributed by atoms with Crippen LogP contribution in [0.1, 0.15) is 300 Å². The van der Waals surface area contributed by atoms with Gasteiger partial charge in [-0.3, -0.25) is 9.59 Å². The lowest BCUT2D eigenvalue weighted by molar-refractivity contribution is -0.119. The zero-order valence-corrected chi connectivity index (χ0v) is 76.2. The lowest BCUT2D eigenvalue weighted by Gasteiger charge is -2.28. The molecule has 8 aromatic rings. The topological polar surface area (TPSA) is 200 Å². The lowest BCUT2D eigenvalue weighted by Crippen LogP contribution is -2.39. The van der Waals surface area contributed by atoms with Gasteiger partial charge in [0, 0.05) is 51.4 Å². The Morgan fingerprint density at radius 2 is 0.402 bits per heavy atom. The molecule has 0 fully saturated rings. The van der Waals surface area contributed by atoms with E-state index in [0.29, 0.717) is 92.6 Å². The molecule has 12 rings (SSSR count). The van der Waals surface area contributed by atoms with Crippen molar-refractivity contribution in [2.45, 2.75) is 261 Å². The number of hydrogen-bond donors (Lipinski definition) is 8. The van der Waals surface area contributed by atoms with Crippen LogP contribution in [0.5, 0.6) is 46.0 Å². The van der Waals surface area contributed by atoms with Crippen LogP contribution in [0.3, 0.4) is 0 Å². The van der Waals surface area contributed by atoms with Gasteiger partial charge in [-0.25, -0.2) is 0 Å². The highest BCUT2D eigenvalue weighted by Crippen LogP contribution is 2.48. The van der Waals surface area contributed by atoms with Crippen molar-refractivity contribution in [3.63, 3.8) is 0 Å². The fourth-order valence-electron chi connectivity index (χ4n) is 15.8. The first-order valence-electron chi connectivity index (χ1n) is 42.1. The fraction of sp³-hybridized carbons (Fsp3) is 0.495. The van der Waals surface area contributed by atoms with E-state index >= 15 is 0 Å². The second-order valence-electron chi connectivity index (χ2n) is 41.3. The maximum absolute atomic E-state index is 13.9. The van der Waals surface area contributed by atoms with Gasteiger partial charge in [0.25, 0.3) is 0 Å². The maximum Gasteiger partial charge on any atom is 0.230 e. The van der Waals surface area contributed by atoms with Crippen LogP contribution in [-0.4, -0.2) is 101 Å². The minimum atomic E-state index is -0.322. The first kappa shape index (κ1) is 88.9. The lowest BCUT2D eigenvalue weighted by atomic mass is 9.79. The molecule has 2 aliphatic carbocycles. The Morgan fingerprint density at radius 1 is 0.256 bits per heavy atom. The van der Waals surface area contributed by atoms with Crippen molar-refractivity contribution in [3.8, 4) is 46.0 Å². The number of phenols is 4. The van der Waals surface area contributed by atoms with Crippen molar-refractivity contribution in [3.05, 3.63) is 231 Å². The van der Waals surface area contributed by atoms with E-state index in [0.717, 1.165) is 134 Å². The fourth-order valence-corrected chi connectivity index (χ4v) is 16.6. The summed E-state index contributed by atoms with van der Waals surface area (Å²) in [6.07, 6.45) is 2.53. The highest BCUT2D eigenvalue weighted by Gasteiger charge is 2.33. The summed E-state index contributed by atoms with van der Waals surface area (Å²) in [4.78, 5) is 27.7. The number of carbonyl (C=O) groups excluding carboxylic acids is 2. The molecule has 8 aromatic carbocycles. The van der Waals surface area contributed by atoms with Gasteiger partial charge in [0.1, 0.15) is 72.4 Å². The molecule has 628 valence electrons. The van der Waals surface area contributed by atoms with Crippen LogP contribution < -0.4 is 40.2 Å². The molecule has 4 aliphatic rings. The highest BCUT2D eigenvalue weighted by molar-refractivity contribution is 8.00. The number of thiocarbonyl (C=S) groups is 1. The Kier molecular flexibility index (Phi) is 26.2. The van der Waals surface area contributed by atoms with Gasteiger partial charge in [0.05, 0.1) is 37.7 Å². The van der Waals surface area contributed by atoms with Crippen LogP contribution >= 0.6 is 24.0 Å². The van der Waals surface area contributed by atoms with E-state index in [2.05, 4.69) is 284 Å². The van der Waals surface area contributed by atoms with Crippen molar-refractivity contribution in [1.29, 1.82) is 0 Å². The van der Waals surface area contributed by atoms with E-state index < -0.39 is 0 Å². The van der Waals surface area contributed by atoms with Crippen molar-refractivity contribution < 1.29 is 49.0 Å². The van der Waals surface area contributed by atoms with Crippen molar-refractivity contribution in [2.24, 2.45) is 0 Å². The summed E-state index contributed by atoms with van der Waals surface area (Å²) in [5, 5.41) is 65.8. The van der Waals surface area contributed by atoms with Crippen LogP contribution in [0.4, 0.5) is 0 Å². The number of hydrogen-bond acceptors (Lipinski definition) is 12. The van der Waals surface area contributed by atoms with Crippen LogP contribution in [-0.2, 0) is 104 Å². The van der Waals surface area contributed by atoms with E-state index in [4.69, 9.17) is 31.2 Å². The van der Waals surface area contributed by atoms with Crippen LogP contribution in [0.25, 0.3) is 0 Å². The van der Waals surface area contributed by atoms with Crippen LogP contribution in [0.2, 0.25) is 0 Å². The molecule has 8 N–H and O–H groups in total. The van der Waals surface area contributed by atoms with E-state index in [9.17, 15) is 30.0 Å². The monoisotopic (exact) mass is 1620 g/mol. The molecule has 20 bridgehead atoms. The number of ether oxygens (including phenoxy) is 4. The molecule has 0 radical (unpaired) electrons. The number of rotatable bonds is 0. The molecular weight excluding hydrogens is 1490 g/mol. The number of carbonyl (C=O) groups is 2. The normalized spacial score (nSPS) is 15.9. The summed E-state index contributed by atoms with van der Waals surface area (Å²) in [6, 6.07) is 34.8. The summed E-state index contributed by atoms with van der Waals surface area (Å²) < 4.78 is 28.4. The molecule has 16 heteroatoms. The predicted octanol–water partition coefficient (Wildman–Crippen LogP) is 19.9. The summed E-state index contributed by atoms with van der Waals surface area (Å²) in [6.45, 7) is 54.4. The van der Waals surface area contributed by atoms with E-state index in [1.54, 1.807) is 0 Å². The smallest absolute Gasteiger partial charge is 0.230 e. The van der Waals surface area contributed by atoms with Gasteiger partial charge in [-0.15, -0.1) is 11.8 Å². The SMILES string of the molecule is CC(C)(C)c1cc2c(O)c(c1)Cc1cc(C(C)(C)C)cc3c1OCCNC(=S)NCCOc1c4cc(C(C)(C)C)cc1Cc1cc(C(C)(C)C)cc(c1O)Cc1cc(C(C)(C)C)cc(c1OCCNC(=O)CSCC(=O)NCCOc1c(cc(C(C)(C)C)cc1Cc1cc(C(C)(C)C)cc(c1O)C3)C2)Cc1cc(C(C)(C)C)cc(c1O)C4. The van der Waals surface area contributed by atoms with Gasteiger partial charge >= 0.3 is 0 Å². The average molecular weight is 1630 g/mol. The minimum Gasteiger partial charge on any atom is -0.507 e. The van der Waals surface area contributed by atoms with Gasteiger partial charge in [-0.2, -0.15) is 0 Å². The predicted molar refractivity (Wildman–Crippen MR) is 484 cm³/mol. The molecule has 0 unspecified atom stereocenters. The molecule has 0 spiro atoms. The average Bonchev–Trinajstić information content (AvgIpc) is 0.764. The second-order valence-corrected chi connectivity index (χ2v) is 42.6. The Hall–Kier alpha value is -8.86. The Labute approximate surface area is 708 Å². The third-order valence-electron chi connectivity index (χ3n) is 23.1. The Balaban J connectivity index is 1.04. The van der Waals surface area contributed by atoms with Crippen molar-refractivity contribution in [1.82, 2.24) is 21.3 Å². The van der Waals surface area contributed by atoms with Crippen molar-refractivity contribution >= 4 is 40.9 Å². The number of amides is 2. The zero-order chi connectivity index (χ0) is 85.6. The first-order valence-corrected chi connectivity index (χ1v) is 43.6. The molecule has 0 atom stereocenters. The van der Waals surface area contributed by atoms with Gasteiger partial charge < -0.3 is 60.6 Å². The van der Waals surface area contributed by atoms with E-state index in [1.165, 1.54) is 11.8 Å². The largest absolute Gasteiger partial charge is 0.507 e. The number of fused-ring (bicyclic) bond motifs is 22. The molecule has 0 aromatic heterocycles. The number of nitrogens with one attached hydrogen (secondary N) is 4. The number of benzene rings is 8. The third kappa shape index (κ3) is 21.8. The second kappa shape index (κ2) is 34.5. The van der Waals surface area contributed by atoms with Crippen LogP contribution in [0, 0.1) is 0 Å². The summed E-state index contributed by atoms with van der Waals surface area (Å²) >= 11 is 7.34. The quantitative estimate of drug-likeness (QED) is 0.0667. The number of aromatic hydroxyl groups is 4.